The molecule has 1 saturated heterocycles. The Bertz CT molecular complexity index is 202. The number of hydrogen-bond acceptors (Lipinski definition) is 3. The molecule has 1 aliphatic heterocycles. The maximum atomic E-state index is 5.94. The zero-order valence-electron chi connectivity index (χ0n) is 9.80. The van der Waals surface area contributed by atoms with Crippen LogP contribution >= 0.6 is 0 Å². The van der Waals surface area contributed by atoms with Gasteiger partial charge in [0, 0.05) is 25.0 Å². The quantitative estimate of drug-likeness (QED) is 0.734. The van der Waals surface area contributed by atoms with Gasteiger partial charge in [0.2, 0.25) is 0 Å². The minimum Gasteiger partial charge on any atom is -0.379 e. The Morgan fingerprint density at radius 1 is 1.33 bits per heavy atom. The Hall–Kier alpha value is -0.120. The molecule has 3 nitrogen and oxygen atoms in total. The van der Waals surface area contributed by atoms with Crippen LogP contribution in [-0.2, 0) is 4.74 Å². The number of nitrogens with one attached hydrogen (secondary N) is 1. The topological polar surface area (TPSA) is 47.3 Å². The molecule has 2 atom stereocenters. The molecule has 2 aliphatic rings. The fourth-order valence-electron chi connectivity index (χ4n) is 2.79. The van der Waals surface area contributed by atoms with Crippen molar-refractivity contribution in [2.75, 3.05) is 26.3 Å². The van der Waals surface area contributed by atoms with Gasteiger partial charge in [0.15, 0.2) is 0 Å². The van der Waals surface area contributed by atoms with E-state index in [-0.39, 0.29) is 6.04 Å². The second-order valence-electron chi connectivity index (χ2n) is 5.61. The van der Waals surface area contributed by atoms with Gasteiger partial charge < -0.3 is 15.8 Å². The molecule has 2 rings (SSSR count). The van der Waals surface area contributed by atoms with E-state index in [0.717, 1.165) is 26.3 Å². The number of nitrogens with two attached hydrogens (primary N) is 1. The monoisotopic (exact) mass is 212 g/mol. The third-order valence-corrected chi connectivity index (χ3v) is 4.02. The summed E-state index contributed by atoms with van der Waals surface area (Å²) in [6.07, 6.45) is 5.58. The standard InChI is InChI=1S/C12H24N2O/c1-12(4-2-3-5-12)9-14-6-10-7-15-8-11(10)13/h10-11,14H,2-9,13H2,1H3. The van der Waals surface area contributed by atoms with Crippen LogP contribution in [0.2, 0.25) is 0 Å². The number of hydrogen-bond donors (Lipinski definition) is 2. The summed E-state index contributed by atoms with van der Waals surface area (Å²) < 4.78 is 5.35. The zero-order chi connectivity index (χ0) is 10.7. The molecular formula is C12H24N2O. The maximum Gasteiger partial charge on any atom is 0.0621 e. The Labute approximate surface area is 92.7 Å². The normalized spacial score (nSPS) is 34.8. The van der Waals surface area contributed by atoms with E-state index < -0.39 is 0 Å². The van der Waals surface area contributed by atoms with Crippen LogP contribution in [0.4, 0.5) is 0 Å². The highest BCUT2D eigenvalue weighted by Gasteiger charge is 2.29. The van der Waals surface area contributed by atoms with E-state index in [1.165, 1.54) is 25.7 Å². The summed E-state index contributed by atoms with van der Waals surface area (Å²) >= 11 is 0. The van der Waals surface area contributed by atoms with Crippen LogP contribution in [0.15, 0.2) is 0 Å². The molecule has 0 amide bonds. The van der Waals surface area contributed by atoms with Gasteiger partial charge in [0.1, 0.15) is 0 Å². The summed E-state index contributed by atoms with van der Waals surface area (Å²) in [6.45, 7) is 6.15. The van der Waals surface area contributed by atoms with E-state index in [0.29, 0.717) is 11.3 Å². The second kappa shape index (κ2) is 4.81. The first-order chi connectivity index (χ1) is 7.20. The first-order valence-corrected chi connectivity index (χ1v) is 6.24. The molecule has 0 aromatic heterocycles. The summed E-state index contributed by atoms with van der Waals surface area (Å²) in [5, 5.41) is 3.58. The molecule has 0 bridgehead atoms. The molecule has 0 aromatic carbocycles. The van der Waals surface area contributed by atoms with Crippen LogP contribution in [0.1, 0.15) is 32.6 Å². The van der Waals surface area contributed by atoms with Gasteiger partial charge in [0.05, 0.1) is 13.2 Å². The van der Waals surface area contributed by atoms with E-state index in [1.54, 1.807) is 0 Å². The highest BCUT2D eigenvalue weighted by Crippen LogP contribution is 2.36. The van der Waals surface area contributed by atoms with Crippen LogP contribution in [0.25, 0.3) is 0 Å². The van der Waals surface area contributed by atoms with Crippen LogP contribution < -0.4 is 11.1 Å². The molecule has 15 heavy (non-hydrogen) atoms. The van der Waals surface area contributed by atoms with Gasteiger partial charge in [-0.1, -0.05) is 19.8 Å². The highest BCUT2D eigenvalue weighted by molar-refractivity contribution is 4.84. The van der Waals surface area contributed by atoms with E-state index in [2.05, 4.69) is 12.2 Å². The van der Waals surface area contributed by atoms with E-state index in [1.807, 2.05) is 0 Å². The van der Waals surface area contributed by atoms with Crippen LogP contribution in [0.3, 0.4) is 0 Å². The zero-order valence-corrected chi connectivity index (χ0v) is 9.80. The van der Waals surface area contributed by atoms with Crippen molar-refractivity contribution in [1.82, 2.24) is 5.32 Å². The minimum atomic E-state index is 0.244. The lowest BCUT2D eigenvalue weighted by atomic mass is 9.88. The average Bonchev–Trinajstić information content (AvgIpc) is 2.78. The van der Waals surface area contributed by atoms with E-state index >= 15 is 0 Å². The van der Waals surface area contributed by atoms with Gasteiger partial charge in [-0.2, -0.15) is 0 Å². The SMILES string of the molecule is CC1(CNCC2COCC2N)CCCC1. The molecule has 0 aromatic rings. The molecule has 0 radical (unpaired) electrons. The molecule has 88 valence electrons. The first-order valence-electron chi connectivity index (χ1n) is 6.24. The summed E-state index contributed by atoms with van der Waals surface area (Å²) in [5.41, 5.74) is 6.49. The van der Waals surface area contributed by atoms with E-state index in [9.17, 15) is 0 Å². The van der Waals surface area contributed by atoms with Gasteiger partial charge in [-0.3, -0.25) is 0 Å². The number of ether oxygens (including phenoxy) is 1. The van der Waals surface area contributed by atoms with Crippen molar-refractivity contribution in [3.63, 3.8) is 0 Å². The molecule has 1 saturated carbocycles. The minimum absolute atomic E-state index is 0.244. The lowest BCUT2D eigenvalue weighted by Gasteiger charge is -2.25. The van der Waals surface area contributed by atoms with Crippen molar-refractivity contribution in [2.24, 2.45) is 17.1 Å². The van der Waals surface area contributed by atoms with Crippen molar-refractivity contribution in [1.29, 1.82) is 0 Å². The Balaban J connectivity index is 1.65. The van der Waals surface area contributed by atoms with Crippen LogP contribution in [0, 0.1) is 11.3 Å². The van der Waals surface area contributed by atoms with Crippen LogP contribution in [0.5, 0.6) is 0 Å². The molecule has 3 heteroatoms. The Morgan fingerprint density at radius 3 is 2.67 bits per heavy atom. The molecule has 2 unspecified atom stereocenters. The highest BCUT2D eigenvalue weighted by atomic mass is 16.5. The first kappa shape index (κ1) is 11.4. The lowest BCUT2D eigenvalue weighted by Crippen LogP contribution is -2.39. The largest absolute Gasteiger partial charge is 0.379 e. The van der Waals surface area contributed by atoms with E-state index in [4.69, 9.17) is 10.5 Å². The molecule has 1 heterocycles. The lowest BCUT2D eigenvalue weighted by molar-refractivity contribution is 0.182. The van der Waals surface area contributed by atoms with Gasteiger partial charge in [-0.25, -0.2) is 0 Å². The molecular weight excluding hydrogens is 188 g/mol. The summed E-state index contributed by atoms with van der Waals surface area (Å²) in [7, 11) is 0. The maximum absolute atomic E-state index is 5.94. The third-order valence-electron chi connectivity index (χ3n) is 4.02. The summed E-state index contributed by atoms with van der Waals surface area (Å²) in [5.74, 6) is 0.523. The molecule has 3 N–H and O–H groups in total. The van der Waals surface area contributed by atoms with Gasteiger partial charge >= 0.3 is 0 Å². The van der Waals surface area contributed by atoms with Crippen LogP contribution in [-0.4, -0.2) is 32.3 Å². The predicted octanol–water partition coefficient (Wildman–Crippen LogP) is 1.13. The van der Waals surface area contributed by atoms with Crippen molar-refractivity contribution in [3.8, 4) is 0 Å². The predicted molar refractivity (Wildman–Crippen MR) is 61.7 cm³/mol. The third kappa shape index (κ3) is 2.92. The fraction of sp³-hybridized carbons (Fsp3) is 1.00. The fourth-order valence-corrected chi connectivity index (χ4v) is 2.79. The Kier molecular flexibility index (Phi) is 3.65. The van der Waals surface area contributed by atoms with Gasteiger partial charge in [-0.15, -0.1) is 0 Å². The smallest absolute Gasteiger partial charge is 0.0621 e. The van der Waals surface area contributed by atoms with Gasteiger partial charge in [-0.05, 0) is 18.3 Å². The summed E-state index contributed by atoms with van der Waals surface area (Å²) in [6, 6.07) is 0.244. The number of rotatable bonds is 4. The molecule has 1 aliphatic carbocycles. The van der Waals surface area contributed by atoms with Crippen molar-refractivity contribution < 1.29 is 4.74 Å². The Morgan fingerprint density at radius 2 is 2.07 bits per heavy atom. The second-order valence-corrected chi connectivity index (χ2v) is 5.61. The summed E-state index contributed by atoms with van der Waals surface area (Å²) in [4.78, 5) is 0. The van der Waals surface area contributed by atoms with Crippen molar-refractivity contribution in [3.05, 3.63) is 0 Å². The van der Waals surface area contributed by atoms with Gasteiger partial charge in [0.25, 0.3) is 0 Å². The average molecular weight is 212 g/mol. The van der Waals surface area contributed by atoms with Crippen molar-refractivity contribution >= 4 is 0 Å². The van der Waals surface area contributed by atoms with Crippen molar-refractivity contribution in [2.45, 2.75) is 38.6 Å². The molecule has 0 spiro atoms. The molecule has 2 fully saturated rings.